The van der Waals surface area contributed by atoms with Gasteiger partial charge in [-0.1, -0.05) is 12.1 Å². The molecule has 7 heteroatoms. The van der Waals surface area contributed by atoms with Gasteiger partial charge in [0.05, 0.1) is 11.4 Å². The van der Waals surface area contributed by atoms with Gasteiger partial charge in [-0.15, -0.1) is 10.2 Å². The van der Waals surface area contributed by atoms with Crippen LogP contribution in [0.25, 0.3) is 11.3 Å². The van der Waals surface area contributed by atoms with Crippen LogP contribution in [0.5, 0.6) is 5.75 Å². The molecule has 3 N–H and O–H groups in total. The van der Waals surface area contributed by atoms with Crippen molar-refractivity contribution in [2.45, 2.75) is 32.9 Å². The summed E-state index contributed by atoms with van der Waals surface area (Å²) in [5, 5.41) is 18.2. The Morgan fingerprint density at radius 3 is 2.44 bits per heavy atom. The minimum atomic E-state index is 0.0717. The number of aromatic nitrogens is 2. The molecule has 7 nitrogen and oxygen atoms in total. The molecule has 0 aliphatic carbocycles. The van der Waals surface area contributed by atoms with Crippen LogP contribution in [0.4, 0.5) is 11.5 Å². The Balaban J connectivity index is 1.94. The van der Waals surface area contributed by atoms with E-state index in [-0.39, 0.29) is 23.7 Å². The quantitative estimate of drug-likeness (QED) is 0.866. The number of hydrogen-bond donors (Lipinski definition) is 2. The molecule has 2 atom stereocenters. The monoisotopic (exact) mass is 341 g/mol. The van der Waals surface area contributed by atoms with Crippen molar-refractivity contribution in [3.63, 3.8) is 0 Å². The maximum absolute atomic E-state index is 11.8. The second-order valence-corrected chi connectivity index (χ2v) is 6.55. The molecular formula is C18H23N5O2. The van der Waals surface area contributed by atoms with E-state index >= 15 is 0 Å². The zero-order valence-electron chi connectivity index (χ0n) is 14.7. The first-order valence-electron chi connectivity index (χ1n) is 8.34. The SMILES string of the molecule is CC(=O)N1[C@H](C)CN(c2cc(-c3ccccc3O)nnc2N)C[C@@H]1C. The first-order valence-corrected chi connectivity index (χ1v) is 8.34. The number of benzene rings is 1. The van der Waals surface area contributed by atoms with Crippen LogP contribution >= 0.6 is 0 Å². The lowest BCUT2D eigenvalue weighted by Gasteiger charge is -2.45. The number of rotatable bonds is 2. The molecule has 0 unspecified atom stereocenters. The lowest BCUT2D eigenvalue weighted by Crippen LogP contribution is -2.58. The molecule has 132 valence electrons. The molecule has 0 bridgehead atoms. The van der Waals surface area contributed by atoms with E-state index < -0.39 is 0 Å². The highest BCUT2D eigenvalue weighted by Gasteiger charge is 2.32. The van der Waals surface area contributed by atoms with Gasteiger partial charge >= 0.3 is 0 Å². The Kier molecular flexibility index (Phi) is 4.48. The largest absolute Gasteiger partial charge is 0.507 e. The van der Waals surface area contributed by atoms with Gasteiger partial charge in [0.25, 0.3) is 0 Å². The third-order valence-electron chi connectivity index (χ3n) is 4.60. The third-order valence-corrected chi connectivity index (χ3v) is 4.60. The fourth-order valence-electron chi connectivity index (χ4n) is 3.61. The van der Waals surface area contributed by atoms with E-state index in [1.54, 1.807) is 25.1 Å². The third kappa shape index (κ3) is 3.22. The van der Waals surface area contributed by atoms with Crippen molar-refractivity contribution in [1.82, 2.24) is 15.1 Å². The molecule has 1 aromatic carbocycles. The van der Waals surface area contributed by atoms with Crippen LogP contribution in [0.15, 0.2) is 30.3 Å². The highest BCUT2D eigenvalue weighted by Crippen LogP contribution is 2.32. The van der Waals surface area contributed by atoms with Gasteiger partial charge in [0.2, 0.25) is 5.91 Å². The number of para-hydroxylation sites is 1. The molecule has 1 fully saturated rings. The van der Waals surface area contributed by atoms with E-state index in [1.165, 1.54) is 0 Å². The summed E-state index contributed by atoms with van der Waals surface area (Å²) < 4.78 is 0. The van der Waals surface area contributed by atoms with Gasteiger partial charge in [0.15, 0.2) is 5.82 Å². The number of nitrogens with two attached hydrogens (primary N) is 1. The van der Waals surface area contributed by atoms with Gasteiger partial charge in [-0.3, -0.25) is 4.79 Å². The van der Waals surface area contributed by atoms with Crippen molar-refractivity contribution in [3.8, 4) is 17.0 Å². The van der Waals surface area contributed by atoms with E-state index in [1.807, 2.05) is 30.9 Å². The average molecular weight is 341 g/mol. The van der Waals surface area contributed by atoms with Crippen molar-refractivity contribution in [2.24, 2.45) is 0 Å². The van der Waals surface area contributed by atoms with Crippen LogP contribution < -0.4 is 10.6 Å². The van der Waals surface area contributed by atoms with Crippen LogP contribution in [0.2, 0.25) is 0 Å². The van der Waals surface area contributed by atoms with Gasteiger partial charge in [0.1, 0.15) is 5.75 Å². The first-order chi connectivity index (χ1) is 11.9. The minimum Gasteiger partial charge on any atom is -0.507 e. The van der Waals surface area contributed by atoms with Crippen LogP contribution in [0.1, 0.15) is 20.8 Å². The normalized spacial score (nSPS) is 20.6. The van der Waals surface area contributed by atoms with Crippen molar-refractivity contribution in [3.05, 3.63) is 30.3 Å². The van der Waals surface area contributed by atoms with Gasteiger partial charge in [-0.25, -0.2) is 0 Å². The molecule has 0 saturated carbocycles. The zero-order valence-corrected chi connectivity index (χ0v) is 14.7. The van der Waals surface area contributed by atoms with Crippen LogP contribution in [0, 0.1) is 0 Å². The van der Waals surface area contributed by atoms with E-state index in [2.05, 4.69) is 15.1 Å². The van der Waals surface area contributed by atoms with Gasteiger partial charge in [-0.05, 0) is 32.0 Å². The fourth-order valence-corrected chi connectivity index (χ4v) is 3.61. The summed E-state index contributed by atoms with van der Waals surface area (Å²) in [5.41, 5.74) is 8.01. The highest BCUT2D eigenvalue weighted by atomic mass is 16.3. The molecule has 1 saturated heterocycles. The molecule has 3 rings (SSSR count). The number of nitrogens with zero attached hydrogens (tertiary/aromatic N) is 4. The average Bonchev–Trinajstić information content (AvgIpc) is 2.55. The highest BCUT2D eigenvalue weighted by molar-refractivity contribution is 5.76. The summed E-state index contributed by atoms with van der Waals surface area (Å²) in [6.45, 7) is 6.99. The van der Waals surface area contributed by atoms with E-state index in [0.29, 0.717) is 30.2 Å². The number of amides is 1. The smallest absolute Gasteiger partial charge is 0.220 e. The number of piperazine rings is 1. The molecular weight excluding hydrogens is 318 g/mol. The molecule has 0 radical (unpaired) electrons. The number of hydrogen-bond acceptors (Lipinski definition) is 6. The Labute approximate surface area is 147 Å². The van der Waals surface area contributed by atoms with Gasteiger partial charge in [0, 0.05) is 37.7 Å². The summed E-state index contributed by atoms with van der Waals surface area (Å²) in [4.78, 5) is 15.9. The summed E-state index contributed by atoms with van der Waals surface area (Å²) in [7, 11) is 0. The Bertz CT molecular complexity index is 783. The molecule has 2 aromatic rings. The molecule has 1 aromatic heterocycles. The molecule has 1 amide bonds. The molecule has 2 heterocycles. The summed E-state index contributed by atoms with van der Waals surface area (Å²) in [6, 6.07) is 8.99. The fraction of sp³-hybridized carbons (Fsp3) is 0.389. The number of nitrogen functional groups attached to an aromatic ring is 1. The predicted octanol–water partition coefficient (Wildman–Crippen LogP) is 1.88. The molecule has 1 aliphatic heterocycles. The Morgan fingerprint density at radius 1 is 1.20 bits per heavy atom. The minimum absolute atomic E-state index is 0.0717. The number of phenols is 1. The number of aromatic hydroxyl groups is 1. The summed E-state index contributed by atoms with van der Waals surface area (Å²) >= 11 is 0. The van der Waals surface area contributed by atoms with Crippen molar-refractivity contribution in [1.29, 1.82) is 0 Å². The summed E-state index contributed by atoms with van der Waals surface area (Å²) in [5.74, 6) is 0.570. The first kappa shape index (κ1) is 17.0. The maximum Gasteiger partial charge on any atom is 0.220 e. The van der Waals surface area contributed by atoms with Crippen molar-refractivity contribution in [2.75, 3.05) is 23.7 Å². The van der Waals surface area contributed by atoms with Crippen LogP contribution in [-0.2, 0) is 4.79 Å². The second kappa shape index (κ2) is 6.58. The van der Waals surface area contributed by atoms with Crippen LogP contribution in [-0.4, -0.2) is 51.3 Å². The molecule has 1 aliphatic rings. The van der Waals surface area contributed by atoms with Crippen molar-refractivity contribution >= 4 is 17.4 Å². The zero-order chi connectivity index (χ0) is 18.1. The lowest BCUT2D eigenvalue weighted by atomic mass is 10.1. The topological polar surface area (TPSA) is 95.6 Å². The Morgan fingerprint density at radius 2 is 1.84 bits per heavy atom. The van der Waals surface area contributed by atoms with E-state index in [0.717, 1.165) is 5.69 Å². The molecule has 0 spiro atoms. The number of carbonyl (C=O) groups excluding carboxylic acids is 1. The molecule has 25 heavy (non-hydrogen) atoms. The number of phenolic OH excluding ortho intramolecular Hbond substituents is 1. The van der Waals surface area contributed by atoms with Crippen LogP contribution in [0.3, 0.4) is 0 Å². The van der Waals surface area contributed by atoms with Gasteiger partial charge in [-0.2, -0.15) is 0 Å². The standard InChI is InChI=1S/C18H23N5O2/c1-11-9-22(10-12(2)23(11)13(3)24)16-8-15(20-21-18(16)19)14-6-4-5-7-17(14)25/h4-8,11-12,25H,9-10H2,1-3H3,(H2,19,21)/t11-,12+. The number of carbonyl (C=O) groups is 1. The van der Waals surface area contributed by atoms with E-state index in [4.69, 9.17) is 5.73 Å². The van der Waals surface area contributed by atoms with Gasteiger partial charge < -0.3 is 20.6 Å². The Hall–Kier alpha value is -2.83. The van der Waals surface area contributed by atoms with E-state index in [9.17, 15) is 9.90 Å². The maximum atomic E-state index is 11.8. The second-order valence-electron chi connectivity index (χ2n) is 6.55. The number of anilines is 2. The summed E-state index contributed by atoms with van der Waals surface area (Å²) in [6.07, 6.45) is 0. The predicted molar refractivity (Wildman–Crippen MR) is 97.2 cm³/mol. The lowest BCUT2D eigenvalue weighted by molar-refractivity contribution is -0.133. The van der Waals surface area contributed by atoms with Crippen molar-refractivity contribution < 1.29 is 9.90 Å².